The maximum atomic E-state index is 14.4. The van der Waals surface area contributed by atoms with E-state index in [0.29, 0.717) is 5.78 Å². The Hall–Kier alpha value is -2.74. The van der Waals surface area contributed by atoms with Gasteiger partial charge in [-0.25, -0.2) is 0 Å². The molecule has 0 bridgehead atoms. The maximum absolute atomic E-state index is 14.4. The topological polar surface area (TPSA) is 30.0 Å². The quantitative estimate of drug-likeness (QED) is 0.276. The van der Waals surface area contributed by atoms with Crippen molar-refractivity contribution in [2.75, 3.05) is 0 Å². The fourth-order valence-corrected chi connectivity index (χ4v) is 7.49. The third kappa shape index (κ3) is 2.26. The van der Waals surface area contributed by atoms with E-state index in [9.17, 15) is 4.79 Å². The average molecular weight is 420 g/mol. The van der Waals surface area contributed by atoms with Crippen LogP contribution in [0.15, 0.2) is 54.6 Å². The second-order valence-electron chi connectivity index (χ2n) is 10.5. The Balaban J connectivity index is 1.64. The normalized spacial score (nSPS) is 21.7. The number of carbonyl (C=O) groups excluding carboxylic acids is 1. The van der Waals surface area contributed by atoms with E-state index in [1.165, 1.54) is 45.3 Å². The summed E-state index contributed by atoms with van der Waals surface area (Å²) in [6.45, 7) is 0. The zero-order valence-electron chi connectivity index (χ0n) is 18.6. The zero-order chi connectivity index (χ0) is 21.3. The molecule has 1 aromatic heterocycles. The number of aromatic nitrogens is 1. The Kier molecular flexibility index (Phi) is 3.90. The maximum Gasteiger partial charge on any atom is 0.155 e. The van der Waals surface area contributed by atoms with E-state index in [1.54, 1.807) is 0 Å². The predicted molar refractivity (Wildman–Crippen MR) is 131 cm³/mol. The molecular weight excluding hydrogens is 390 g/mol. The smallest absolute Gasteiger partial charge is 0.155 e. The molecule has 0 saturated heterocycles. The van der Waals surface area contributed by atoms with Crippen LogP contribution in [-0.2, 0) is 15.6 Å². The number of hydrogen-bond donors (Lipinski definition) is 0. The van der Waals surface area contributed by atoms with Crippen LogP contribution in [0.1, 0.15) is 75.5 Å². The summed E-state index contributed by atoms with van der Waals surface area (Å²) in [4.78, 5) is 19.9. The van der Waals surface area contributed by atoms with Gasteiger partial charge in [0.25, 0.3) is 0 Å². The lowest BCUT2D eigenvalue weighted by molar-refractivity contribution is -0.131. The number of rotatable bonds is 0. The minimum absolute atomic E-state index is 0.293. The molecule has 2 heteroatoms. The summed E-state index contributed by atoms with van der Waals surface area (Å²) in [5, 5.41) is 6.25. The minimum Gasteiger partial charge on any atom is -0.298 e. The molecular formula is C30H29NO. The highest BCUT2D eigenvalue weighted by Crippen LogP contribution is 2.58. The van der Waals surface area contributed by atoms with Crippen molar-refractivity contribution in [3.8, 4) is 0 Å². The summed E-state index contributed by atoms with van der Waals surface area (Å²) >= 11 is 0. The third-order valence-electron chi connectivity index (χ3n) is 8.96. The Morgan fingerprint density at radius 1 is 0.594 bits per heavy atom. The van der Waals surface area contributed by atoms with Gasteiger partial charge in [-0.1, -0.05) is 87.1 Å². The van der Waals surface area contributed by atoms with Crippen LogP contribution in [0.25, 0.3) is 32.4 Å². The number of fused-ring (bicyclic) bond motifs is 9. The standard InChI is InChI=1S/C30H29NO/c32-28-29(15-7-1-8-16-29)25-19-24-22-13-4-3-11-20(22)21-12-5-6-14-23(21)26(24)31-27(25)30(28)17-9-2-10-18-30/h3-6,11-14,19H,1-2,7-10,15-18H2. The minimum atomic E-state index is -0.341. The van der Waals surface area contributed by atoms with Crippen molar-refractivity contribution in [2.45, 2.75) is 75.0 Å². The number of nitrogens with zero attached hydrogens (tertiary/aromatic N) is 1. The average Bonchev–Trinajstić information content (AvgIpc) is 3.04. The van der Waals surface area contributed by atoms with Crippen LogP contribution in [0, 0.1) is 0 Å². The summed E-state index contributed by atoms with van der Waals surface area (Å²) < 4.78 is 0. The lowest BCUT2D eigenvalue weighted by Gasteiger charge is -2.37. The van der Waals surface area contributed by atoms with E-state index in [1.807, 2.05) is 0 Å². The lowest BCUT2D eigenvalue weighted by atomic mass is 9.64. The fourth-order valence-electron chi connectivity index (χ4n) is 7.49. The molecule has 0 aliphatic heterocycles. The molecule has 3 aromatic carbocycles. The van der Waals surface area contributed by atoms with Gasteiger partial charge < -0.3 is 0 Å². The van der Waals surface area contributed by atoms with Gasteiger partial charge in [-0.05, 0) is 53.5 Å². The molecule has 7 rings (SSSR count). The molecule has 32 heavy (non-hydrogen) atoms. The summed E-state index contributed by atoms with van der Waals surface area (Å²) in [7, 11) is 0. The second kappa shape index (κ2) is 6.63. The highest BCUT2D eigenvalue weighted by Gasteiger charge is 2.60. The Bertz CT molecular complexity index is 1300. The summed E-state index contributed by atoms with van der Waals surface area (Å²) in [6, 6.07) is 19.8. The lowest BCUT2D eigenvalue weighted by Crippen LogP contribution is -2.44. The number of Topliss-reactive ketones (excluding diaryl/α,β-unsaturated/α-hetero) is 1. The van der Waals surface area contributed by atoms with Crippen molar-refractivity contribution in [3.05, 3.63) is 65.9 Å². The molecule has 3 aliphatic rings. The molecule has 0 N–H and O–H groups in total. The number of carbonyl (C=O) groups is 1. The van der Waals surface area contributed by atoms with Crippen molar-refractivity contribution < 1.29 is 4.79 Å². The van der Waals surface area contributed by atoms with Crippen LogP contribution >= 0.6 is 0 Å². The van der Waals surface area contributed by atoms with Gasteiger partial charge in [0.05, 0.1) is 22.0 Å². The first-order valence-corrected chi connectivity index (χ1v) is 12.5. The molecule has 0 atom stereocenters. The molecule has 160 valence electrons. The van der Waals surface area contributed by atoms with Gasteiger partial charge in [-0.15, -0.1) is 0 Å². The van der Waals surface area contributed by atoms with E-state index < -0.39 is 0 Å². The van der Waals surface area contributed by atoms with Gasteiger partial charge in [-0.2, -0.15) is 0 Å². The van der Waals surface area contributed by atoms with E-state index in [2.05, 4.69) is 54.6 Å². The van der Waals surface area contributed by atoms with E-state index in [0.717, 1.165) is 62.6 Å². The highest BCUT2D eigenvalue weighted by atomic mass is 16.1. The van der Waals surface area contributed by atoms with Crippen LogP contribution in [0.3, 0.4) is 0 Å². The van der Waals surface area contributed by atoms with Gasteiger partial charge in [0.15, 0.2) is 5.78 Å². The number of pyridine rings is 1. The molecule has 0 amide bonds. The molecule has 1 heterocycles. The summed E-state index contributed by atoms with van der Waals surface area (Å²) in [6.07, 6.45) is 11.1. The Morgan fingerprint density at radius 3 is 1.72 bits per heavy atom. The fraction of sp³-hybridized carbons (Fsp3) is 0.400. The first kappa shape index (κ1) is 18.8. The van der Waals surface area contributed by atoms with Crippen LogP contribution in [0.4, 0.5) is 0 Å². The Morgan fingerprint density at radius 2 is 1.09 bits per heavy atom. The van der Waals surface area contributed by atoms with Gasteiger partial charge >= 0.3 is 0 Å². The van der Waals surface area contributed by atoms with Crippen molar-refractivity contribution in [3.63, 3.8) is 0 Å². The van der Waals surface area contributed by atoms with Crippen molar-refractivity contribution in [1.29, 1.82) is 0 Å². The SMILES string of the molecule is O=C1C2(CCCCC2)c2cc3c4ccccc4c4ccccc4c3nc2C12CCCCC2. The number of ketones is 1. The summed E-state index contributed by atoms with van der Waals surface area (Å²) in [5.41, 5.74) is 2.89. The highest BCUT2D eigenvalue weighted by molar-refractivity contribution is 6.24. The molecule has 4 aromatic rings. The summed E-state index contributed by atoms with van der Waals surface area (Å²) in [5.74, 6) is 0.524. The van der Waals surface area contributed by atoms with Gasteiger partial charge in [-0.3, -0.25) is 9.78 Å². The molecule has 0 unspecified atom stereocenters. The largest absolute Gasteiger partial charge is 0.298 e. The molecule has 0 radical (unpaired) electrons. The second-order valence-corrected chi connectivity index (χ2v) is 10.5. The molecule has 2 nitrogen and oxygen atoms in total. The van der Waals surface area contributed by atoms with Crippen LogP contribution < -0.4 is 0 Å². The molecule has 2 saturated carbocycles. The molecule has 3 aliphatic carbocycles. The predicted octanol–water partition coefficient (Wildman–Crippen LogP) is 7.53. The number of benzene rings is 3. The van der Waals surface area contributed by atoms with Gasteiger partial charge in [0, 0.05) is 10.8 Å². The third-order valence-corrected chi connectivity index (χ3v) is 8.96. The first-order chi connectivity index (χ1) is 15.7. The van der Waals surface area contributed by atoms with Crippen molar-refractivity contribution in [2.24, 2.45) is 0 Å². The Labute approximate surface area is 189 Å². The van der Waals surface area contributed by atoms with Gasteiger partial charge in [0.2, 0.25) is 0 Å². The zero-order valence-corrected chi connectivity index (χ0v) is 18.6. The van der Waals surface area contributed by atoms with E-state index >= 15 is 0 Å². The van der Waals surface area contributed by atoms with E-state index in [-0.39, 0.29) is 10.8 Å². The van der Waals surface area contributed by atoms with Crippen LogP contribution in [0.5, 0.6) is 0 Å². The van der Waals surface area contributed by atoms with E-state index in [4.69, 9.17) is 4.98 Å². The van der Waals surface area contributed by atoms with Crippen molar-refractivity contribution in [1.82, 2.24) is 4.98 Å². The molecule has 2 spiro atoms. The number of hydrogen-bond acceptors (Lipinski definition) is 2. The van der Waals surface area contributed by atoms with Crippen LogP contribution in [0.2, 0.25) is 0 Å². The monoisotopic (exact) mass is 419 g/mol. The first-order valence-electron chi connectivity index (χ1n) is 12.5. The van der Waals surface area contributed by atoms with Gasteiger partial charge in [0.1, 0.15) is 0 Å². The van der Waals surface area contributed by atoms with Crippen LogP contribution in [-0.4, -0.2) is 10.8 Å². The molecule has 2 fully saturated rings. The van der Waals surface area contributed by atoms with Crippen molar-refractivity contribution >= 4 is 38.2 Å².